The summed E-state index contributed by atoms with van der Waals surface area (Å²) in [5.74, 6) is -0.242. The second-order valence-electron chi connectivity index (χ2n) is 4.24. The van der Waals surface area contributed by atoms with Gasteiger partial charge in [0.05, 0.1) is 11.7 Å². The van der Waals surface area contributed by atoms with Crippen LogP contribution < -0.4 is 5.32 Å². The summed E-state index contributed by atoms with van der Waals surface area (Å²) in [6.45, 7) is 1.96. The number of rotatable bonds is 3. The molecule has 100 valence electrons. The number of hydrogen-bond acceptors (Lipinski definition) is 2. The van der Waals surface area contributed by atoms with E-state index in [4.69, 9.17) is 0 Å². The number of aromatic nitrogens is 1. The molecule has 0 aliphatic heterocycles. The molecular formula is C14H13Br2FN2. The van der Waals surface area contributed by atoms with Crippen molar-refractivity contribution in [3.8, 4) is 0 Å². The van der Waals surface area contributed by atoms with Crippen molar-refractivity contribution in [2.75, 3.05) is 7.05 Å². The van der Waals surface area contributed by atoms with Gasteiger partial charge < -0.3 is 5.32 Å². The van der Waals surface area contributed by atoms with E-state index >= 15 is 0 Å². The molecular weight excluding hydrogens is 375 g/mol. The first kappa shape index (κ1) is 14.6. The van der Waals surface area contributed by atoms with Gasteiger partial charge in [0.1, 0.15) is 5.82 Å². The monoisotopic (exact) mass is 386 g/mol. The van der Waals surface area contributed by atoms with E-state index in [1.165, 1.54) is 6.07 Å². The van der Waals surface area contributed by atoms with Gasteiger partial charge in [0.15, 0.2) is 0 Å². The van der Waals surface area contributed by atoms with E-state index in [1.807, 2.05) is 20.0 Å². The third-order valence-electron chi connectivity index (χ3n) is 2.95. The Morgan fingerprint density at radius 1 is 1.26 bits per heavy atom. The van der Waals surface area contributed by atoms with Crippen molar-refractivity contribution >= 4 is 31.9 Å². The van der Waals surface area contributed by atoms with Crippen LogP contribution in [0.1, 0.15) is 22.9 Å². The van der Waals surface area contributed by atoms with Gasteiger partial charge in [-0.3, -0.25) is 4.98 Å². The van der Waals surface area contributed by atoms with Crippen molar-refractivity contribution in [3.63, 3.8) is 0 Å². The average molecular weight is 388 g/mol. The number of halogens is 3. The fraction of sp³-hybridized carbons (Fsp3) is 0.214. The molecule has 0 aliphatic rings. The number of nitrogens with zero attached hydrogens (tertiary/aromatic N) is 1. The van der Waals surface area contributed by atoms with Crippen molar-refractivity contribution in [3.05, 3.63) is 62.0 Å². The zero-order chi connectivity index (χ0) is 14.0. The lowest BCUT2D eigenvalue weighted by molar-refractivity contribution is 0.611. The molecule has 1 aromatic carbocycles. The van der Waals surface area contributed by atoms with Gasteiger partial charge in [0.25, 0.3) is 0 Å². The maximum Gasteiger partial charge on any atom is 0.123 e. The summed E-state index contributed by atoms with van der Waals surface area (Å²) < 4.78 is 15.2. The van der Waals surface area contributed by atoms with E-state index in [1.54, 1.807) is 18.3 Å². The van der Waals surface area contributed by atoms with Gasteiger partial charge in [-0.2, -0.15) is 0 Å². The van der Waals surface area contributed by atoms with Crippen molar-refractivity contribution in [2.45, 2.75) is 13.0 Å². The largest absolute Gasteiger partial charge is 0.308 e. The summed E-state index contributed by atoms with van der Waals surface area (Å²) in [7, 11) is 1.84. The number of pyridine rings is 1. The van der Waals surface area contributed by atoms with Gasteiger partial charge >= 0.3 is 0 Å². The molecule has 2 rings (SSSR count). The Kier molecular flexibility index (Phi) is 4.71. The van der Waals surface area contributed by atoms with Gasteiger partial charge in [-0.1, -0.05) is 6.07 Å². The van der Waals surface area contributed by atoms with Crippen molar-refractivity contribution < 1.29 is 4.39 Å². The molecule has 0 fully saturated rings. The van der Waals surface area contributed by atoms with Crippen molar-refractivity contribution in [1.29, 1.82) is 0 Å². The molecule has 1 unspecified atom stereocenters. The quantitative estimate of drug-likeness (QED) is 0.846. The Morgan fingerprint density at radius 2 is 2.00 bits per heavy atom. The highest BCUT2D eigenvalue weighted by Crippen LogP contribution is 2.30. The van der Waals surface area contributed by atoms with Crippen molar-refractivity contribution in [1.82, 2.24) is 10.3 Å². The zero-order valence-corrected chi connectivity index (χ0v) is 13.7. The van der Waals surface area contributed by atoms with Gasteiger partial charge in [-0.25, -0.2) is 4.39 Å². The standard InChI is InChI=1S/C14H13Br2FN2/c1-8-3-4-10(17)6-11(8)13(18-2)14-12(16)5-9(15)7-19-14/h3-7,13,18H,1-2H3. The van der Waals surface area contributed by atoms with Gasteiger partial charge in [-0.05, 0) is 75.2 Å². The predicted molar refractivity (Wildman–Crippen MR) is 81.7 cm³/mol. The van der Waals surface area contributed by atoms with E-state index in [2.05, 4.69) is 42.2 Å². The summed E-state index contributed by atoms with van der Waals surface area (Å²) in [5, 5.41) is 3.19. The highest BCUT2D eigenvalue weighted by Gasteiger charge is 2.19. The lowest BCUT2D eigenvalue weighted by Crippen LogP contribution is -2.20. The molecule has 2 nitrogen and oxygen atoms in total. The van der Waals surface area contributed by atoms with Gasteiger partial charge in [-0.15, -0.1) is 0 Å². The Balaban J connectivity index is 2.52. The third-order valence-corrected chi connectivity index (χ3v) is 4.02. The normalized spacial score (nSPS) is 12.5. The van der Waals surface area contributed by atoms with E-state index in [9.17, 15) is 4.39 Å². The summed E-state index contributed by atoms with van der Waals surface area (Å²) in [5.41, 5.74) is 2.75. The molecule has 0 saturated carbocycles. The molecule has 1 aromatic heterocycles. The Labute approximate surface area is 128 Å². The Bertz CT molecular complexity index is 602. The summed E-state index contributed by atoms with van der Waals surface area (Å²) in [6, 6.07) is 6.57. The SMILES string of the molecule is CNC(c1cc(F)ccc1C)c1ncc(Br)cc1Br. The minimum atomic E-state index is -0.242. The Morgan fingerprint density at radius 3 is 2.63 bits per heavy atom. The first-order chi connectivity index (χ1) is 9.02. The van der Waals surface area contributed by atoms with E-state index in [0.29, 0.717) is 0 Å². The van der Waals surface area contributed by atoms with Crippen LogP contribution in [0.4, 0.5) is 4.39 Å². The molecule has 0 bridgehead atoms. The first-order valence-electron chi connectivity index (χ1n) is 5.77. The summed E-state index contributed by atoms with van der Waals surface area (Å²) in [4.78, 5) is 4.42. The van der Waals surface area contributed by atoms with E-state index < -0.39 is 0 Å². The number of aryl methyl sites for hydroxylation is 1. The molecule has 0 aliphatic carbocycles. The maximum atomic E-state index is 13.5. The minimum Gasteiger partial charge on any atom is -0.308 e. The smallest absolute Gasteiger partial charge is 0.123 e. The second-order valence-corrected chi connectivity index (χ2v) is 6.01. The first-order valence-corrected chi connectivity index (χ1v) is 7.35. The third kappa shape index (κ3) is 3.22. The topological polar surface area (TPSA) is 24.9 Å². The van der Waals surface area contributed by atoms with E-state index in [-0.39, 0.29) is 11.9 Å². The molecule has 0 amide bonds. The molecule has 0 spiro atoms. The molecule has 1 atom stereocenters. The molecule has 1 N–H and O–H groups in total. The van der Waals surface area contributed by atoms with Crippen LogP contribution in [0.2, 0.25) is 0 Å². The molecule has 19 heavy (non-hydrogen) atoms. The Hall–Kier alpha value is -0.780. The lowest BCUT2D eigenvalue weighted by atomic mass is 9.98. The molecule has 0 radical (unpaired) electrons. The minimum absolute atomic E-state index is 0.154. The predicted octanol–water partition coefficient (Wildman–Crippen LogP) is 4.36. The van der Waals surface area contributed by atoms with Crippen LogP contribution in [0.5, 0.6) is 0 Å². The van der Waals surface area contributed by atoms with Gasteiger partial charge in [0.2, 0.25) is 0 Å². The van der Waals surface area contributed by atoms with Gasteiger partial charge in [0, 0.05) is 15.1 Å². The zero-order valence-electron chi connectivity index (χ0n) is 10.5. The highest BCUT2D eigenvalue weighted by molar-refractivity contribution is 9.11. The van der Waals surface area contributed by atoms with Crippen LogP contribution in [-0.2, 0) is 0 Å². The van der Waals surface area contributed by atoms with Crippen molar-refractivity contribution in [2.24, 2.45) is 0 Å². The fourth-order valence-corrected chi connectivity index (χ4v) is 3.22. The van der Waals surface area contributed by atoms with Crippen LogP contribution in [0.15, 0.2) is 39.4 Å². The van der Waals surface area contributed by atoms with Crippen LogP contribution >= 0.6 is 31.9 Å². The summed E-state index contributed by atoms with van der Waals surface area (Å²) >= 11 is 6.88. The van der Waals surface area contributed by atoms with Crippen LogP contribution in [0.25, 0.3) is 0 Å². The fourth-order valence-electron chi connectivity index (χ4n) is 2.00. The average Bonchev–Trinajstić information content (AvgIpc) is 2.36. The molecule has 2 aromatic rings. The highest BCUT2D eigenvalue weighted by atomic mass is 79.9. The van der Waals surface area contributed by atoms with Crippen LogP contribution in [0.3, 0.4) is 0 Å². The molecule has 0 saturated heterocycles. The van der Waals surface area contributed by atoms with E-state index in [0.717, 1.165) is 25.8 Å². The van der Waals surface area contributed by atoms with Crippen LogP contribution in [-0.4, -0.2) is 12.0 Å². The number of nitrogens with one attached hydrogen (secondary N) is 1. The lowest BCUT2D eigenvalue weighted by Gasteiger charge is -2.19. The number of hydrogen-bond donors (Lipinski definition) is 1. The van der Waals surface area contributed by atoms with Crippen LogP contribution in [0, 0.1) is 12.7 Å². The molecule has 1 heterocycles. The second kappa shape index (κ2) is 6.11. The number of benzene rings is 1. The maximum absolute atomic E-state index is 13.5. The molecule has 5 heteroatoms. The summed E-state index contributed by atoms with van der Waals surface area (Å²) in [6.07, 6.45) is 1.74.